The lowest BCUT2D eigenvalue weighted by Crippen LogP contribution is -2.39. The number of benzene rings is 1. The molecular weight excluding hydrogens is 432 g/mol. The maximum Gasteiger partial charge on any atom is 0.261 e. The topological polar surface area (TPSA) is 50.6 Å². The van der Waals surface area contributed by atoms with Gasteiger partial charge in [-0.1, -0.05) is 29.3 Å². The van der Waals surface area contributed by atoms with Crippen LogP contribution >= 0.6 is 15.9 Å². The van der Waals surface area contributed by atoms with Crippen LogP contribution in [0.5, 0.6) is 0 Å². The number of nitrogens with zero attached hydrogens (tertiary/aromatic N) is 4. The summed E-state index contributed by atoms with van der Waals surface area (Å²) < 4.78 is 8.26. The van der Waals surface area contributed by atoms with E-state index >= 15 is 0 Å². The molecule has 1 saturated heterocycles. The van der Waals surface area contributed by atoms with Crippen molar-refractivity contribution < 1.29 is 4.74 Å². The number of halogens is 1. The minimum Gasteiger partial charge on any atom is -0.384 e. The van der Waals surface area contributed by atoms with E-state index in [2.05, 4.69) is 39.7 Å². The van der Waals surface area contributed by atoms with E-state index in [1.54, 1.807) is 7.11 Å². The van der Waals surface area contributed by atoms with Crippen LogP contribution in [0.15, 0.2) is 27.5 Å². The van der Waals surface area contributed by atoms with Crippen LogP contribution in [0.3, 0.4) is 0 Å². The average Bonchev–Trinajstić information content (AvgIpc) is 2.88. The summed E-state index contributed by atoms with van der Waals surface area (Å²) in [5.74, 6) is 1.35. The van der Waals surface area contributed by atoms with Gasteiger partial charge in [0.1, 0.15) is 5.82 Å². The van der Waals surface area contributed by atoms with E-state index in [-0.39, 0.29) is 11.6 Å². The number of ether oxygens (including phenoxy) is 1. The lowest BCUT2D eigenvalue weighted by molar-refractivity contribution is 0.105. The largest absolute Gasteiger partial charge is 0.384 e. The summed E-state index contributed by atoms with van der Waals surface area (Å²) in [5.41, 5.74) is 0.828. The summed E-state index contributed by atoms with van der Waals surface area (Å²) in [6.07, 6.45) is 2.03. The first-order chi connectivity index (χ1) is 14.0. The summed E-state index contributed by atoms with van der Waals surface area (Å²) >= 11 is 3.48. The first kappa shape index (κ1) is 22.4. The molecule has 1 aromatic carbocycles. The predicted molar refractivity (Wildman–Crippen MR) is 121 cm³/mol. The first-order valence-electron chi connectivity index (χ1n) is 10.6. The second-order valence-electron chi connectivity index (χ2n) is 8.06. The highest BCUT2D eigenvalue weighted by molar-refractivity contribution is 9.10. The minimum atomic E-state index is 0.0512. The van der Waals surface area contributed by atoms with E-state index in [1.165, 1.54) is 0 Å². The maximum atomic E-state index is 13.3. The van der Waals surface area contributed by atoms with Gasteiger partial charge in [-0.25, -0.2) is 4.98 Å². The molecule has 1 fully saturated rings. The van der Waals surface area contributed by atoms with Crippen molar-refractivity contribution in [3.8, 4) is 0 Å². The Hall–Kier alpha value is -1.28. The van der Waals surface area contributed by atoms with Crippen LogP contribution in [0.1, 0.15) is 38.6 Å². The quantitative estimate of drug-likeness (QED) is 0.627. The Morgan fingerprint density at radius 1 is 1.28 bits per heavy atom. The van der Waals surface area contributed by atoms with Gasteiger partial charge in [0.25, 0.3) is 5.56 Å². The van der Waals surface area contributed by atoms with Crippen LogP contribution in [-0.4, -0.2) is 66.3 Å². The second-order valence-corrected chi connectivity index (χ2v) is 8.98. The Morgan fingerprint density at radius 3 is 2.76 bits per heavy atom. The third kappa shape index (κ3) is 5.08. The van der Waals surface area contributed by atoms with Crippen molar-refractivity contribution in [2.45, 2.75) is 39.3 Å². The summed E-state index contributed by atoms with van der Waals surface area (Å²) in [5, 5.41) is 0.674. The van der Waals surface area contributed by atoms with Crippen LogP contribution in [0.25, 0.3) is 10.9 Å². The second kappa shape index (κ2) is 10.2. The van der Waals surface area contributed by atoms with Gasteiger partial charge in [0.15, 0.2) is 0 Å². The Labute approximate surface area is 182 Å². The average molecular weight is 465 g/mol. The van der Waals surface area contributed by atoms with Crippen molar-refractivity contribution in [2.24, 2.45) is 5.92 Å². The highest BCUT2D eigenvalue weighted by Crippen LogP contribution is 2.28. The SMILES string of the molecule is CCC[C@H](c1nc2ccc(Br)cc2c(=O)n1CC)N1CCN(C)C[C@H](COC)C1. The molecule has 6 nitrogen and oxygen atoms in total. The normalized spacial score (nSPS) is 20.1. The van der Waals surface area contributed by atoms with E-state index < -0.39 is 0 Å². The van der Waals surface area contributed by atoms with Crippen LogP contribution < -0.4 is 5.56 Å². The van der Waals surface area contributed by atoms with Crippen molar-refractivity contribution in [1.82, 2.24) is 19.4 Å². The van der Waals surface area contributed by atoms with Crippen LogP contribution in [0, 0.1) is 5.92 Å². The fraction of sp³-hybridized carbons (Fsp3) is 0.636. The van der Waals surface area contributed by atoms with Crippen molar-refractivity contribution >= 4 is 26.8 Å². The van der Waals surface area contributed by atoms with Gasteiger partial charge in [0.05, 0.1) is 23.6 Å². The molecule has 160 valence electrons. The molecule has 0 aliphatic carbocycles. The van der Waals surface area contributed by atoms with Crippen molar-refractivity contribution in [2.75, 3.05) is 46.9 Å². The molecule has 29 heavy (non-hydrogen) atoms. The molecule has 0 spiro atoms. The molecule has 3 rings (SSSR count). The Morgan fingerprint density at radius 2 is 2.07 bits per heavy atom. The van der Waals surface area contributed by atoms with E-state index in [0.717, 1.165) is 61.4 Å². The summed E-state index contributed by atoms with van der Waals surface area (Å²) in [6.45, 7) is 9.58. The third-order valence-corrected chi connectivity index (χ3v) is 6.29. The smallest absolute Gasteiger partial charge is 0.261 e. The van der Waals surface area contributed by atoms with Gasteiger partial charge in [-0.3, -0.25) is 14.3 Å². The summed E-state index contributed by atoms with van der Waals surface area (Å²) in [4.78, 5) is 23.2. The highest BCUT2D eigenvalue weighted by Gasteiger charge is 2.30. The van der Waals surface area contributed by atoms with Gasteiger partial charge in [-0.2, -0.15) is 0 Å². The van der Waals surface area contributed by atoms with Gasteiger partial charge in [0.2, 0.25) is 0 Å². The Balaban J connectivity index is 2.07. The molecular formula is C22H33BrN4O2. The molecule has 1 aromatic heterocycles. The molecule has 0 amide bonds. The maximum absolute atomic E-state index is 13.3. The zero-order chi connectivity index (χ0) is 21.0. The van der Waals surface area contributed by atoms with Crippen LogP contribution in [0.4, 0.5) is 0 Å². The molecule has 1 aliphatic heterocycles. The molecule has 7 heteroatoms. The van der Waals surface area contributed by atoms with Crippen molar-refractivity contribution in [3.05, 3.63) is 38.9 Å². The monoisotopic (exact) mass is 464 g/mol. The standard InChI is InChI=1S/C22H33BrN4O2/c1-5-7-20(26-11-10-25(3)13-16(14-26)15-29-4)21-24-19-9-8-17(23)12-18(19)22(28)27(21)6-2/h8-9,12,16,20H,5-7,10-11,13-15H2,1-4H3/t16-,20+/m0/s1. The van der Waals surface area contributed by atoms with Crippen molar-refractivity contribution in [3.63, 3.8) is 0 Å². The van der Waals surface area contributed by atoms with E-state index in [0.29, 0.717) is 17.8 Å². The molecule has 0 unspecified atom stereocenters. The molecule has 2 heterocycles. The fourth-order valence-corrected chi connectivity index (χ4v) is 4.82. The van der Waals surface area contributed by atoms with E-state index in [4.69, 9.17) is 9.72 Å². The van der Waals surface area contributed by atoms with E-state index in [9.17, 15) is 4.79 Å². The van der Waals surface area contributed by atoms with Gasteiger partial charge in [-0.05, 0) is 38.6 Å². The van der Waals surface area contributed by atoms with Crippen molar-refractivity contribution in [1.29, 1.82) is 0 Å². The van der Waals surface area contributed by atoms with Gasteiger partial charge >= 0.3 is 0 Å². The molecule has 0 radical (unpaired) electrons. The zero-order valence-electron chi connectivity index (χ0n) is 18.0. The van der Waals surface area contributed by atoms with Gasteiger partial charge in [0, 0.05) is 50.2 Å². The fourth-order valence-electron chi connectivity index (χ4n) is 4.45. The Kier molecular flexibility index (Phi) is 7.85. The molecule has 2 aromatic rings. The molecule has 0 N–H and O–H groups in total. The lowest BCUT2D eigenvalue weighted by Gasteiger charge is -2.33. The Bertz CT molecular complexity index is 885. The van der Waals surface area contributed by atoms with Crippen LogP contribution in [-0.2, 0) is 11.3 Å². The number of aromatic nitrogens is 2. The third-order valence-electron chi connectivity index (χ3n) is 5.80. The molecule has 1 aliphatic rings. The lowest BCUT2D eigenvalue weighted by atomic mass is 10.0. The predicted octanol–water partition coefficient (Wildman–Crippen LogP) is 3.53. The number of rotatable bonds is 7. The number of likely N-dealkylation sites (N-methyl/N-ethyl adjacent to an activating group) is 1. The summed E-state index contributed by atoms with van der Waals surface area (Å²) in [7, 11) is 3.95. The number of methoxy groups -OCH3 is 1. The minimum absolute atomic E-state index is 0.0512. The number of hydrogen-bond donors (Lipinski definition) is 0. The van der Waals surface area contributed by atoms with Crippen LogP contribution in [0.2, 0.25) is 0 Å². The molecule has 0 saturated carbocycles. The van der Waals surface area contributed by atoms with Gasteiger partial charge < -0.3 is 9.64 Å². The molecule has 2 atom stereocenters. The highest BCUT2D eigenvalue weighted by atomic mass is 79.9. The first-order valence-corrected chi connectivity index (χ1v) is 11.4. The van der Waals surface area contributed by atoms with Gasteiger partial charge in [-0.15, -0.1) is 0 Å². The number of fused-ring (bicyclic) bond motifs is 1. The number of hydrogen-bond acceptors (Lipinski definition) is 5. The zero-order valence-corrected chi connectivity index (χ0v) is 19.6. The molecule has 0 bridgehead atoms. The van der Waals surface area contributed by atoms with E-state index in [1.807, 2.05) is 29.7 Å². The summed E-state index contributed by atoms with van der Waals surface area (Å²) in [6, 6.07) is 5.91.